The van der Waals surface area contributed by atoms with Gasteiger partial charge in [-0.25, -0.2) is 0 Å². The molecule has 0 bridgehead atoms. The fourth-order valence-electron chi connectivity index (χ4n) is 5.31. The number of carbonyl (C=O) groups excluding carboxylic acids is 3. The van der Waals surface area contributed by atoms with E-state index in [0.717, 1.165) is 37.9 Å². The van der Waals surface area contributed by atoms with Crippen molar-refractivity contribution >= 4 is 17.7 Å². The standard InChI is InChI=1S/C28H33N3O5/c32-25(11-8-20-6-2-1-3-7-20)30-16-12-21(13-17-30)26(28(34)31-14-4-5-15-31)29-27(33)22-9-10-23-24(18-22)36-19-35-23/h1-3,6-7,9-10,18,21,26H,4-5,8,11-17,19H2,(H,29,33). The molecule has 3 aliphatic rings. The van der Waals surface area contributed by atoms with Crippen molar-refractivity contribution in [1.82, 2.24) is 15.1 Å². The van der Waals surface area contributed by atoms with Gasteiger partial charge in [-0.3, -0.25) is 14.4 Å². The highest BCUT2D eigenvalue weighted by Gasteiger charge is 2.37. The first-order chi connectivity index (χ1) is 17.6. The van der Waals surface area contributed by atoms with E-state index in [9.17, 15) is 14.4 Å². The molecule has 5 rings (SSSR count). The number of hydrogen-bond donors (Lipinski definition) is 1. The van der Waals surface area contributed by atoms with Gasteiger partial charge in [0.15, 0.2) is 11.5 Å². The topological polar surface area (TPSA) is 88.2 Å². The van der Waals surface area contributed by atoms with Crippen molar-refractivity contribution in [2.45, 2.75) is 44.6 Å². The Morgan fingerprint density at radius 3 is 2.36 bits per heavy atom. The molecule has 2 aromatic carbocycles. The number of nitrogens with one attached hydrogen (secondary N) is 1. The van der Waals surface area contributed by atoms with E-state index in [1.807, 2.05) is 40.1 Å². The Kier molecular flexibility index (Phi) is 7.39. The van der Waals surface area contributed by atoms with Crippen LogP contribution >= 0.6 is 0 Å². The number of rotatable bonds is 7. The second kappa shape index (κ2) is 11.0. The first kappa shape index (κ1) is 24.2. The van der Waals surface area contributed by atoms with Crippen LogP contribution in [0.15, 0.2) is 48.5 Å². The molecular weight excluding hydrogens is 458 g/mol. The van der Waals surface area contributed by atoms with Gasteiger partial charge in [0, 0.05) is 38.2 Å². The van der Waals surface area contributed by atoms with E-state index in [1.165, 1.54) is 0 Å². The van der Waals surface area contributed by atoms with Crippen molar-refractivity contribution in [3.8, 4) is 11.5 Å². The van der Waals surface area contributed by atoms with Gasteiger partial charge in [0.05, 0.1) is 0 Å². The largest absolute Gasteiger partial charge is 0.454 e. The highest BCUT2D eigenvalue weighted by Crippen LogP contribution is 2.32. The highest BCUT2D eigenvalue weighted by molar-refractivity contribution is 5.98. The van der Waals surface area contributed by atoms with Crippen LogP contribution in [-0.4, -0.2) is 66.5 Å². The van der Waals surface area contributed by atoms with E-state index >= 15 is 0 Å². The van der Waals surface area contributed by atoms with Crippen molar-refractivity contribution in [2.24, 2.45) is 5.92 Å². The predicted octanol–water partition coefficient (Wildman–Crippen LogP) is 3.01. The number of nitrogens with zero attached hydrogens (tertiary/aromatic N) is 2. The average Bonchev–Trinajstić information content (AvgIpc) is 3.63. The van der Waals surface area contributed by atoms with Crippen LogP contribution < -0.4 is 14.8 Å². The number of hydrogen-bond acceptors (Lipinski definition) is 5. The van der Waals surface area contributed by atoms with Gasteiger partial charge in [-0.1, -0.05) is 30.3 Å². The number of likely N-dealkylation sites (tertiary alicyclic amines) is 2. The lowest BCUT2D eigenvalue weighted by Crippen LogP contribution is -2.54. The van der Waals surface area contributed by atoms with Crippen LogP contribution in [0, 0.1) is 5.92 Å². The van der Waals surface area contributed by atoms with Crippen LogP contribution in [0.2, 0.25) is 0 Å². The summed E-state index contributed by atoms with van der Waals surface area (Å²) in [5, 5.41) is 3.03. The molecule has 8 heteroatoms. The molecule has 0 radical (unpaired) electrons. The van der Waals surface area contributed by atoms with E-state index in [0.29, 0.717) is 49.4 Å². The molecule has 1 N–H and O–H groups in total. The quantitative estimate of drug-likeness (QED) is 0.643. The summed E-state index contributed by atoms with van der Waals surface area (Å²) in [4.78, 5) is 43.2. The fraction of sp³-hybridized carbons (Fsp3) is 0.464. The van der Waals surface area contributed by atoms with Gasteiger partial charge < -0.3 is 24.6 Å². The third-order valence-electron chi connectivity index (χ3n) is 7.44. The molecule has 2 aromatic rings. The van der Waals surface area contributed by atoms with Crippen molar-refractivity contribution < 1.29 is 23.9 Å². The van der Waals surface area contributed by atoms with E-state index in [-0.39, 0.29) is 30.4 Å². The zero-order valence-electron chi connectivity index (χ0n) is 20.5. The summed E-state index contributed by atoms with van der Waals surface area (Å²) in [6, 6.07) is 14.5. The Labute approximate surface area is 211 Å². The Balaban J connectivity index is 1.22. The maximum Gasteiger partial charge on any atom is 0.252 e. The van der Waals surface area contributed by atoms with Crippen molar-refractivity contribution in [2.75, 3.05) is 33.0 Å². The zero-order valence-corrected chi connectivity index (χ0v) is 20.5. The average molecular weight is 492 g/mol. The van der Waals surface area contributed by atoms with Crippen LogP contribution in [0.3, 0.4) is 0 Å². The third kappa shape index (κ3) is 5.48. The van der Waals surface area contributed by atoms with Crippen LogP contribution in [0.1, 0.15) is 48.0 Å². The van der Waals surface area contributed by atoms with Gasteiger partial charge in [0.25, 0.3) is 5.91 Å². The van der Waals surface area contributed by atoms with Crippen molar-refractivity contribution in [3.63, 3.8) is 0 Å². The highest BCUT2D eigenvalue weighted by atomic mass is 16.7. The SMILES string of the molecule is O=C(NC(C(=O)N1CCCC1)C1CCN(C(=O)CCc2ccccc2)CC1)c1ccc2c(c1)OCO2. The number of amides is 3. The lowest BCUT2D eigenvalue weighted by molar-refractivity contribution is -0.135. The summed E-state index contributed by atoms with van der Waals surface area (Å²) in [6.45, 7) is 2.79. The molecule has 0 aliphatic carbocycles. The van der Waals surface area contributed by atoms with E-state index in [2.05, 4.69) is 5.32 Å². The van der Waals surface area contributed by atoms with Gasteiger partial charge in [0.2, 0.25) is 18.6 Å². The third-order valence-corrected chi connectivity index (χ3v) is 7.44. The number of piperidine rings is 1. The molecule has 0 saturated carbocycles. The van der Waals surface area contributed by atoms with Crippen LogP contribution in [0.5, 0.6) is 11.5 Å². The number of carbonyl (C=O) groups is 3. The molecule has 8 nitrogen and oxygen atoms in total. The summed E-state index contributed by atoms with van der Waals surface area (Å²) < 4.78 is 10.7. The molecule has 3 heterocycles. The van der Waals surface area contributed by atoms with E-state index in [1.54, 1.807) is 18.2 Å². The Hall–Kier alpha value is -3.55. The Bertz CT molecular complexity index is 1090. The molecule has 2 fully saturated rings. The normalized spacial score (nSPS) is 18.2. The predicted molar refractivity (Wildman–Crippen MR) is 134 cm³/mol. The lowest BCUT2D eigenvalue weighted by atomic mass is 9.88. The van der Waals surface area contributed by atoms with Gasteiger partial charge in [-0.15, -0.1) is 0 Å². The number of aryl methyl sites for hydroxylation is 1. The molecule has 1 unspecified atom stereocenters. The number of fused-ring (bicyclic) bond motifs is 1. The van der Waals surface area contributed by atoms with Crippen molar-refractivity contribution in [3.05, 3.63) is 59.7 Å². The first-order valence-corrected chi connectivity index (χ1v) is 12.9. The summed E-state index contributed by atoms with van der Waals surface area (Å²) in [7, 11) is 0. The summed E-state index contributed by atoms with van der Waals surface area (Å²) in [5.41, 5.74) is 1.59. The van der Waals surface area contributed by atoms with Gasteiger partial charge in [0.1, 0.15) is 6.04 Å². The number of ether oxygens (including phenoxy) is 2. The molecule has 0 spiro atoms. The minimum Gasteiger partial charge on any atom is -0.454 e. The molecule has 3 amide bonds. The molecular formula is C28H33N3O5. The van der Waals surface area contributed by atoms with E-state index < -0.39 is 6.04 Å². The minimum atomic E-state index is -0.609. The molecule has 1 atom stereocenters. The maximum atomic E-state index is 13.5. The molecule has 0 aromatic heterocycles. The van der Waals surface area contributed by atoms with Crippen LogP contribution in [0.4, 0.5) is 0 Å². The first-order valence-electron chi connectivity index (χ1n) is 12.9. The molecule has 3 aliphatic heterocycles. The minimum absolute atomic E-state index is 0.0181. The summed E-state index contributed by atoms with van der Waals surface area (Å²) >= 11 is 0. The van der Waals surface area contributed by atoms with Gasteiger partial charge in [-0.2, -0.15) is 0 Å². The molecule has 36 heavy (non-hydrogen) atoms. The monoisotopic (exact) mass is 491 g/mol. The van der Waals surface area contributed by atoms with Crippen LogP contribution in [-0.2, 0) is 16.0 Å². The Morgan fingerprint density at radius 1 is 0.889 bits per heavy atom. The fourth-order valence-corrected chi connectivity index (χ4v) is 5.31. The zero-order chi connectivity index (χ0) is 24.9. The van der Waals surface area contributed by atoms with Crippen molar-refractivity contribution in [1.29, 1.82) is 0 Å². The summed E-state index contributed by atoms with van der Waals surface area (Å²) in [6.07, 6.45) is 4.55. The second-order valence-corrected chi connectivity index (χ2v) is 9.76. The lowest BCUT2D eigenvalue weighted by Gasteiger charge is -2.37. The van der Waals surface area contributed by atoms with E-state index in [4.69, 9.17) is 9.47 Å². The number of benzene rings is 2. The van der Waals surface area contributed by atoms with Gasteiger partial charge in [-0.05, 0) is 61.8 Å². The Morgan fingerprint density at radius 2 is 1.61 bits per heavy atom. The molecule has 190 valence electrons. The smallest absolute Gasteiger partial charge is 0.252 e. The second-order valence-electron chi connectivity index (χ2n) is 9.76. The summed E-state index contributed by atoms with van der Waals surface area (Å²) in [5.74, 6) is 0.953. The van der Waals surface area contributed by atoms with Gasteiger partial charge >= 0.3 is 0 Å². The van der Waals surface area contributed by atoms with Crippen LogP contribution in [0.25, 0.3) is 0 Å². The maximum absolute atomic E-state index is 13.5. The molecule has 2 saturated heterocycles.